The summed E-state index contributed by atoms with van der Waals surface area (Å²) in [5.74, 6) is 0.271. The Bertz CT molecular complexity index is 931. The van der Waals surface area contributed by atoms with Gasteiger partial charge in [-0.15, -0.1) is 0 Å². The number of amides is 1. The maximum atomic E-state index is 12.3. The van der Waals surface area contributed by atoms with Crippen molar-refractivity contribution in [3.63, 3.8) is 0 Å². The highest BCUT2D eigenvalue weighted by atomic mass is 35.5. The predicted molar refractivity (Wildman–Crippen MR) is 113 cm³/mol. The lowest BCUT2D eigenvalue weighted by atomic mass is 10.2. The Morgan fingerprint density at radius 3 is 2.36 bits per heavy atom. The van der Waals surface area contributed by atoms with Gasteiger partial charge in [0.1, 0.15) is 12.3 Å². The summed E-state index contributed by atoms with van der Waals surface area (Å²) in [5.41, 5.74) is 1.01. The van der Waals surface area contributed by atoms with Crippen LogP contribution in [0.4, 0.5) is 5.69 Å². The monoisotopic (exact) mass is 444 g/mol. The van der Waals surface area contributed by atoms with Gasteiger partial charge in [-0.2, -0.15) is 0 Å². The molecule has 0 bridgehead atoms. The van der Waals surface area contributed by atoms with E-state index in [1.807, 2.05) is 38.1 Å². The highest BCUT2D eigenvalue weighted by Gasteiger charge is 2.23. The first-order valence-electron chi connectivity index (χ1n) is 8.51. The summed E-state index contributed by atoms with van der Waals surface area (Å²) < 4.78 is 30.8. The molecule has 2 rings (SSSR count). The Balaban J connectivity index is 2.05. The van der Waals surface area contributed by atoms with Crippen LogP contribution in [0, 0.1) is 0 Å². The predicted octanol–water partition coefficient (Wildman–Crippen LogP) is 3.86. The lowest BCUT2D eigenvalue weighted by Crippen LogP contribution is -2.40. The lowest BCUT2D eigenvalue weighted by molar-refractivity contribution is -0.119. The van der Waals surface area contributed by atoms with Crippen LogP contribution in [0.25, 0.3) is 0 Å². The third kappa shape index (κ3) is 6.58. The number of hydrogen-bond acceptors (Lipinski definition) is 4. The van der Waals surface area contributed by atoms with Crippen LogP contribution in [-0.4, -0.2) is 33.2 Å². The summed E-state index contributed by atoms with van der Waals surface area (Å²) in [6.07, 6.45) is 1.08. The van der Waals surface area contributed by atoms with Crippen molar-refractivity contribution in [1.29, 1.82) is 0 Å². The van der Waals surface area contributed by atoms with Gasteiger partial charge in [-0.25, -0.2) is 8.42 Å². The molecule has 0 saturated heterocycles. The highest BCUT2D eigenvalue weighted by Crippen LogP contribution is 2.30. The molecule has 0 aliphatic heterocycles. The summed E-state index contributed by atoms with van der Waals surface area (Å²) in [5, 5.41) is 3.20. The number of hydrogen-bond donors (Lipinski definition) is 1. The molecule has 152 valence electrons. The first kappa shape index (κ1) is 22.3. The van der Waals surface area contributed by atoms with Crippen LogP contribution in [0.1, 0.15) is 19.4 Å². The standard InChI is InChI=1S/C19H22Cl2N2O4S/c1-13(2)27-16-7-4-14(5-8-16)11-22-19(24)12-23(28(3,25)26)18-10-15(20)6-9-17(18)21/h4-10,13H,11-12H2,1-3H3,(H,22,24). The smallest absolute Gasteiger partial charge is 0.241 e. The van der Waals surface area contributed by atoms with E-state index in [2.05, 4.69) is 5.32 Å². The molecule has 0 aromatic heterocycles. The Labute approximate surface area is 175 Å². The fourth-order valence-electron chi connectivity index (χ4n) is 2.40. The molecule has 0 spiro atoms. The van der Waals surface area contributed by atoms with E-state index in [1.165, 1.54) is 12.1 Å². The van der Waals surface area contributed by atoms with Crippen LogP contribution >= 0.6 is 23.2 Å². The Kier molecular flexibility index (Phi) is 7.57. The second-order valence-electron chi connectivity index (χ2n) is 6.45. The normalized spacial score (nSPS) is 11.4. The van der Waals surface area contributed by atoms with E-state index < -0.39 is 22.5 Å². The van der Waals surface area contributed by atoms with Crippen molar-refractivity contribution in [2.75, 3.05) is 17.1 Å². The van der Waals surface area contributed by atoms with Gasteiger partial charge in [0.05, 0.1) is 23.1 Å². The zero-order valence-electron chi connectivity index (χ0n) is 15.8. The van der Waals surface area contributed by atoms with Crippen LogP contribution in [0.15, 0.2) is 42.5 Å². The number of carbonyl (C=O) groups is 1. The first-order valence-corrected chi connectivity index (χ1v) is 11.1. The number of nitrogens with one attached hydrogen (secondary N) is 1. The van der Waals surface area contributed by atoms with Gasteiger partial charge in [0.2, 0.25) is 15.9 Å². The minimum absolute atomic E-state index is 0.0749. The third-order valence-electron chi connectivity index (χ3n) is 3.65. The van der Waals surface area contributed by atoms with Crippen molar-refractivity contribution in [3.05, 3.63) is 58.1 Å². The van der Waals surface area contributed by atoms with Crippen molar-refractivity contribution in [3.8, 4) is 5.75 Å². The SMILES string of the molecule is CC(C)Oc1ccc(CNC(=O)CN(c2cc(Cl)ccc2Cl)S(C)(=O)=O)cc1. The van der Waals surface area contributed by atoms with E-state index in [9.17, 15) is 13.2 Å². The molecule has 0 heterocycles. The van der Waals surface area contributed by atoms with Crippen molar-refractivity contribution in [1.82, 2.24) is 5.32 Å². The number of halogens is 2. The van der Waals surface area contributed by atoms with Crippen LogP contribution in [0.2, 0.25) is 10.0 Å². The molecular weight excluding hydrogens is 423 g/mol. The van der Waals surface area contributed by atoms with E-state index in [0.29, 0.717) is 5.02 Å². The Morgan fingerprint density at radius 1 is 1.14 bits per heavy atom. The summed E-state index contributed by atoms with van der Waals surface area (Å²) in [6, 6.07) is 11.7. The molecule has 0 aliphatic carbocycles. The van der Waals surface area contributed by atoms with E-state index in [-0.39, 0.29) is 23.4 Å². The molecule has 0 aliphatic rings. The molecule has 0 fully saturated rings. The molecule has 0 saturated carbocycles. The molecule has 0 atom stereocenters. The molecule has 1 amide bonds. The Morgan fingerprint density at radius 2 is 1.79 bits per heavy atom. The number of sulfonamides is 1. The number of ether oxygens (including phenoxy) is 1. The minimum Gasteiger partial charge on any atom is -0.491 e. The number of nitrogens with zero attached hydrogens (tertiary/aromatic N) is 1. The van der Waals surface area contributed by atoms with Gasteiger partial charge in [-0.1, -0.05) is 35.3 Å². The van der Waals surface area contributed by atoms with Gasteiger partial charge >= 0.3 is 0 Å². The van der Waals surface area contributed by atoms with Crippen LogP contribution in [0.5, 0.6) is 5.75 Å². The fraction of sp³-hybridized carbons (Fsp3) is 0.316. The second kappa shape index (κ2) is 9.49. The number of carbonyl (C=O) groups excluding carboxylic acids is 1. The molecule has 2 aromatic carbocycles. The summed E-state index contributed by atoms with van der Waals surface area (Å²) >= 11 is 12.0. The summed E-state index contributed by atoms with van der Waals surface area (Å²) in [4.78, 5) is 12.3. The van der Waals surface area contributed by atoms with Crippen molar-refractivity contribution in [2.45, 2.75) is 26.5 Å². The molecule has 9 heteroatoms. The topological polar surface area (TPSA) is 75.7 Å². The molecule has 28 heavy (non-hydrogen) atoms. The largest absolute Gasteiger partial charge is 0.491 e. The maximum absolute atomic E-state index is 12.3. The zero-order chi connectivity index (χ0) is 20.9. The zero-order valence-corrected chi connectivity index (χ0v) is 18.1. The van der Waals surface area contributed by atoms with Crippen molar-refractivity contribution < 1.29 is 17.9 Å². The first-order chi connectivity index (χ1) is 13.1. The van der Waals surface area contributed by atoms with Crippen LogP contribution in [-0.2, 0) is 21.4 Å². The minimum atomic E-state index is -3.74. The highest BCUT2D eigenvalue weighted by molar-refractivity contribution is 7.92. The molecular formula is C19H22Cl2N2O4S. The fourth-order valence-corrected chi connectivity index (χ4v) is 3.70. The second-order valence-corrected chi connectivity index (χ2v) is 9.20. The maximum Gasteiger partial charge on any atom is 0.241 e. The van der Waals surface area contributed by atoms with Gasteiger partial charge < -0.3 is 10.1 Å². The average Bonchev–Trinajstić information content (AvgIpc) is 2.60. The van der Waals surface area contributed by atoms with E-state index in [1.54, 1.807) is 6.07 Å². The molecule has 0 unspecified atom stereocenters. The van der Waals surface area contributed by atoms with Gasteiger partial charge in [-0.05, 0) is 49.7 Å². The average molecular weight is 445 g/mol. The summed E-state index contributed by atoms with van der Waals surface area (Å²) in [7, 11) is -3.74. The molecule has 6 nitrogen and oxygen atoms in total. The van der Waals surface area contributed by atoms with Crippen molar-refractivity contribution in [2.24, 2.45) is 0 Å². The number of anilines is 1. The quantitative estimate of drug-likeness (QED) is 0.670. The van der Waals surface area contributed by atoms with Crippen molar-refractivity contribution >= 4 is 44.8 Å². The van der Waals surface area contributed by atoms with Gasteiger partial charge in [0, 0.05) is 11.6 Å². The van der Waals surface area contributed by atoms with E-state index in [4.69, 9.17) is 27.9 Å². The third-order valence-corrected chi connectivity index (χ3v) is 5.33. The summed E-state index contributed by atoms with van der Waals surface area (Å²) in [6.45, 7) is 3.72. The van der Waals surface area contributed by atoms with Crippen LogP contribution in [0.3, 0.4) is 0 Å². The number of rotatable bonds is 8. The molecule has 1 N–H and O–H groups in total. The molecule has 2 aromatic rings. The lowest BCUT2D eigenvalue weighted by Gasteiger charge is -2.23. The van der Waals surface area contributed by atoms with E-state index >= 15 is 0 Å². The van der Waals surface area contributed by atoms with Crippen LogP contribution < -0.4 is 14.4 Å². The van der Waals surface area contributed by atoms with E-state index in [0.717, 1.165) is 21.9 Å². The van der Waals surface area contributed by atoms with Gasteiger partial charge in [0.25, 0.3) is 0 Å². The van der Waals surface area contributed by atoms with Gasteiger partial charge in [-0.3, -0.25) is 9.10 Å². The number of benzene rings is 2. The van der Waals surface area contributed by atoms with Gasteiger partial charge in [0.15, 0.2) is 0 Å². The Hall–Kier alpha value is -1.96. The molecule has 0 radical (unpaired) electrons.